The fraction of sp³-hybridized carbons (Fsp3) is 0.167. The average Bonchev–Trinajstić information content (AvgIpc) is 2.27. The maximum absolute atomic E-state index is 10.5. The van der Waals surface area contributed by atoms with Gasteiger partial charge in [0.2, 0.25) is 0 Å². The molecule has 0 unspecified atom stereocenters. The predicted molar refractivity (Wildman–Crippen MR) is 45.0 cm³/mol. The van der Waals surface area contributed by atoms with Crippen molar-refractivity contribution in [3.63, 3.8) is 0 Å². The van der Waals surface area contributed by atoms with E-state index in [-0.39, 0.29) is 57.8 Å². The van der Waals surface area contributed by atoms with Crippen LogP contribution in [0.1, 0.15) is 6.42 Å². The maximum Gasteiger partial charge on any atom is 1.00 e. The number of aliphatic hydroxyl groups excluding tert-OH is 1. The van der Waals surface area contributed by atoms with Crippen LogP contribution >= 0.6 is 0 Å². The van der Waals surface area contributed by atoms with Crippen LogP contribution in [-0.2, 0) is 0 Å². The van der Waals surface area contributed by atoms with E-state index in [0.717, 1.165) is 6.08 Å². The molecule has 0 fully saturated rings. The summed E-state index contributed by atoms with van der Waals surface area (Å²) in [6.45, 7) is 0. The number of aliphatic hydroxyl groups is 1. The molecule has 0 saturated heterocycles. The molecule has 0 aromatic carbocycles. The summed E-state index contributed by atoms with van der Waals surface area (Å²) in [5.74, 6) is -0.806. The van der Waals surface area contributed by atoms with Gasteiger partial charge in [0, 0.05) is 0 Å². The van der Waals surface area contributed by atoms with Crippen molar-refractivity contribution in [1.29, 1.82) is 0 Å². The molecule has 0 aliphatic heterocycles. The van der Waals surface area contributed by atoms with Crippen LogP contribution in [0, 0.1) is 31.0 Å². The summed E-state index contributed by atoms with van der Waals surface area (Å²) in [5.41, 5.74) is 5.88. The first-order valence-corrected chi connectivity index (χ1v) is 5.01. The predicted octanol–water partition coefficient (Wildman–Crippen LogP) is -6.30. The Bertz CT molecular complexity index is 508. The summed E-state index contributed by atoms with van der Waals surface area (Å²) in [6.07, 6.45) is 0.718. The van der Waals surface area contributed by atoms with Gasteiger partial charge in [0.25, 0.3) is 0 Å². The van der Waals surface area contributed by atoms with Gasteiger partial charge in [-0.2, -0.15) is 4.79 Å². The van der Waals surface area contributed by atoms with Gasteiger partial charge in [0.1, 0.15) is 0 Å². The van der Waals surface area contributed by atoms with E-state index in [1.807, 2.05) is 0 Å². The van der Waals surface area contributed by atoms with Crippen LogP contribution in [-0.4, -0.2) is 25.5 Å². The molecule has 0 saturated carbocycles. The normalized spacial score (nSPS) is 13.6. The average molecular weight is 335 g/mol. The van der Waals surface area contributed by atoms with E-state index in [4.69, 9.17) is 24.6 Å². The molecule has 0 radical (unpaired) electrons. The maximum atomic E-state index is 10.5. The summed E-state index contributed by atoms with van der Waals surface area (Å²) in [6, 6.07) is 0. The first kappa shape index (κ1) is 21.6. The second kappa shape index (κ2) is 10.1. The topological polar surface area (TPSA) is 212 Å². The Morgan fingerprint density at radius 2 is 1.60 bits per heavy atom. The Balaban J connectivity index is 0. The number of nitrogens with zero attached hydrogens (tertiary/aromatic N) is 4. The first-order chi connectivity index (χ1) is 8.72. The van der Waals surface area contributed by atoms with Crippen molar-refractivity contribution in [1.82, 2.24) is 0 Å². The fourth-order valence-corrected chi connectivity index (χ4v) is 1.10. The smallest absolute Gasteiger partial charge is 0.502 e. The van der Waals surface area contributed by atoms with Crippen LogP contribution in [0.3, 0.4) is 0 Å². The van der Waals surface area contributed by atoms with Gasteiger partial charge in [-0.15, -0.1) is 0 Å². The van der Waals surface area contributed by atoms with Gasteiger partial charge >= 0.3 is 68.5 Å². The van der Waals surface area contributed by atoms with Crippen LogP contribution in [0.15, 0.2) is 23.2 Å². The third-order valence-electron chi connectivity index (χ3n) is 1.71. The number of nitro groups is 2. The van der Waals surface area contributed by atoms with Crippen LogP contribution in [0.2, 0.25) is 0 Å². The Morgan fingerprint density at radius 1 is 1.20 bits per heavy atom. The van der Waals surface area contributed by atoms with Gasteiger partial charge < -0.3 is 24.6 Å². The van der Waals surface area contributed by atoms with E-state index in [1.54, 1.807) is 0 Å². The van der Waals surface area contributed by atoms with E-state index in [0.29, 0.717) is 0 Å². The van der Waals surface area contributed by atoms with Crippen molar-refractivity contribution in [2.75, 3.05) is 0 Å². The van der Waals surface area contributed by atoms with E-state index < -0.39 is 43.5 Å². The molecule has 0 spiro atoms. The van der Waals surface area contributed by atoms with Crippen LogP contribution in [0.25, 0.3) is 5.53 Å². The van der Waals surface area contributed by atoms with Gasteiger partial charge in [-0.25, -0.2) is 0 Å². The molecule has 0 aromatic heterocycles. The molecule has 1 aliphatic rings. The zero-order valence-electron chi connectivity index (χ0n) is 9.76. The van der Waals surface area contributed by atoms with Gasteiger partial charge in [-0.05, 0) is 6.08 Å². The minimum absolute atomic E-state index is 0. The van der Waals surface area contributed by atoms with E-state index in [9.17, 15) is 20.2 Å². The Kier molecular flexibility index (Phi) is 10.8. The van der Waals surface area contributed by atoms with Crippen LogP contribution in [0.4, 0.5) is 0 Å². The van der Waals surface area contributed by atoms with Gasteiger partial charge in [0.05, 0.1) is 27.1 Å². The van der Waals surface area contributed by atoms with Crippen molar-refractivity contribution in [2.24, 2.45) is 0 Å². The van der Waals surface area contributed by atoms with Crippen molar-refractivity contribution >= 4 is 5.71 Å². The minimum Gasteiger partial charge on any atom is -0.502 e. The largest absolute Gasteiger partial charge is 1.00 e. The molecule has 0 atom stereocenters. The van der Waals surface area contributed by atoms with Crippen molar-refractivity contribution in [3.8, 4) is 0 Å². The number of halogens is 1. The van der Waals surface area contributed by atoms with Crippen molar-refractivity contribution < 1.29 is 95.9 Å². The Morgan fingerprint density at radius 3 is 1.90 bits per heavy atom. The molecule has 14 heteroatoms. The monoisotopic (exact) mass is 334 g/mol. The molecule has 0 aromatic rings. The van der Waals surface area contributed by atoms with E-state index >= 15 is 0 Å². The molecule has 0 heterocycles. The number of allylic oxidation sites excluding steroid dienone is 2. The van der Waals surface area contributed by atoms with Crippen LogP contribution < -0.4 is 65.4 Å². The number of hydrogen-bond acceptors (Lipinski definition) is 8. The zero-order chi connectivity index (χ0) is 15.2. The third kappa shape index (κ3) is 6.62. The minimum atomic E-state index is -2.85. The van der Waals surface area contributed by atoms with Crippen molar-refractivity contribution in [2.45, 2.75) is 6.42 Å². The van der Waals surface area contributed by atoms with Gasteiger partial charge in [-0.1, -0.05) is 0 Å². The Labute approximate surface area is 155 Å². The number of hydrogen-bond donors (Lipinski definition) is 1. The van der Waals surface area contributed by atoms with Crippen LogP contribution in [0.5, 0.6) is 0 Å². The van der Waals surface area contributed by atoms with E-state index in [1.165, 1.54) is 0 Å². The summed E-state index contributed by atoms with van der Waals surface area (Å²) in [5, 5.41) is 30.0. The molecular weight excluding hydrogens is 331 g/mol. The Hall–Kier alpha value is -0.734. The summed E-state index contributed by atoms with van der Waals surface area (Å²) in [7, 11) is -2.85. The summed E-state index contributed by atoms with van der Waals surface area (Å²) < 4.78 is 25.2. The number of rotatable bonds is 2. The second-order valence-electron chi connectivity index (χ2n) is 2.74. The quantitative estimate of drug-likeness (QED) is 0.168. The molecule has 1 N–H and O–H groups in total. The fourth-order valence-electron chi connectivity index (χ4n) is 1.10. The molecule has 0 amide bonds. The van der Waals surface area contributed by atoms with Gasteiger partial charge in [-0.3, -0.25) is 20.2 Å². The second-order valence-corrected chi connectivity index (χ2v) is 3.12. The zero-order valence-corrected chi connectivity index (χ0v) is 13.6. The third-order valence-corrected chi connectivity index (χ3v) is 1.71. The molecule has 20 heavy (non-hydrogen) atoms. The van der Waals surface area contributed by atoms with Crippen molar-refractivity contribution in [3.05, 3.63) is 49.0 Å². The first-order valence-electron chi connectivity index (χ1n) is 4.09. The molecule has 12 nitrogen and oxygen atoms in total. The molecule has 1 aliphatic carbocycles. The van der Waals surface area contributed by atoms with Gasteiger partial charge in [0.15, 0.2) is 5.76 Å². The summed E-state index contributed by atoms with van der Waals surface area (Å²) in [4.78, 5) is 21.3. The molecule has 0 bridgehead atoms. The molecule has 104 valence electrons. The molecule has 1 rings (SSSR count). The molecular formula is C6H4ClKN4O8. The standard InChI is InChI=1S/C6H4N4O5.ClO3.K/c7-8-3-1-2-4(11)6(10(14)15)5(3)9(12)13;2-1(3)4;/h2,11H,1H2;;/q;-1;+1. The summed E-state index contributed by atoms with van der Waals surface area (Å²) >= 11 is 0. The SMILES string of the molecule is [K+].[N-]=[N+]=C1CC=C(O)C([N+](=O)[O-])=C1[N+](=O)[O-].[O-][Cl+2]([O-])[O-]. The van der Waals surface area contributed by atoms with E-state index in [2.05, 4.69) is 4.79 Å².